The molecule has 0 aromatic carbocycles. The molecule has 1 aliphatic heterocycles. The third-order valence-electron chi connectivity index (χ3n) is 3.25. The van der Waals surface area contributed by atoms with Gasteiger partial charge in [0.05, 0.1) is 0 Å². The molecule has 1 heterocycles. The van der Waals surface area contributed by atoms with Crippen LogP contribution in [0.4, 0.5) is 0 Å². The number of hydrazone groups is 1. The summed E-state index contributed by atoms with van der Waals surface area (Å²) >= 11 is 18.3. The fraction of sp³-hybridized carbons (Fsp3) is 0.923. The van der Waals surface area contributed by atoms with Crippen LogP contribution < -0.4 is 0 Å². The maximum absolute atomic E-state index is 6.12. The predicted octanol–water partition coefficient (Wildman–Crippen LogP) is 4.62. The highest BCUT2D eigenvalue weighted by atomic mass is 35.6. The van der Waals surface area contributed by atoms with Gasteiger partial charge in [0, 0.05) is 13.1 Å². The molecule has 0 saturated heterocycles. The van der Waals surface area contributed by atoms with Crippen LogP contribution >= 0.6 is 34.8 Å². The average Bonchev–Trinajstić information content (AvgIpc) is 2.75. The van der Waals surface area contributed by atoms with Gasteiger partial charge in [-0.05, 0) is 12.8 Å². The van der Waals surface area contributed by atoms with Crippen LogP contribution in [0.3, 0.4) is 0 Å². The van der Waals surface area contributed by atoms with Crippen molar-refractivity contribution in [2.24, 2.45) is 5.10 Å². The van der Waals surface area contributed by atoms with Gasteiger partial charge in [0.15, 0.2) is 6.17 Å². The first-order chi connectivity index (χ1) is 9.00. The topological polar surface area (TPSA) is 18.8 Å². The van der Waals surface area contributed by atoms with Crippen LogP contribution in [0.25, 0.3) is 0 Å². The Kier molecular flexibility index (Phi) is 7.63. The summed E-state index contributed by atoms with van der Waals surface area (Å²) in [6.07, 6.45) is 8.48. The second-order valence-electron chi connectivity index (χ2n) is 4.96. The Labute approximate surface area is 131 Å². The van der Waals surface area contributed by atoms with Gasteiger partial charge in [-0.1, -0.05) is 74.3 Å². The van der Waals surface area contributed by atoms with Gasteiger partial charge in [-0.25, -0.2) is 0 Å². The molecular formula is C13H24Cl3N3. The maximum Gasteiger partial charge on any atom is 0.230 e. The third-order valence-corrected chi connectivity index (χ3v) is 3.83. The zero-order valence-electron chi connectivity index (χ0n) is 11.8. The number of nitrogens with zero attached hydrogens (tertiary/aromatic N) is 3. The third kappa shape index (κ3) is 5.57. The van der Waals surface area contributed by atoms with E-state index < -0.39 is 3.79 Å². The van der Waals surface area contributed by atoms with E-state index in [4.69, 9.17) is 34.8 Å². The van der Waals surface area contributed by atoms with Gasteiger partial charge in [-0.2, -0.15) is 5.10 Å². The van der Waals surface area contributed by atoms with E-state index in [0.29, 0.717) is 0 Å². The summed E-state index contributed by atoms with van der Waals surface area (Å²) < 4.78 is -1.34. The number of alkyl halides is 3. The van der Waals surface area contributed by atoms with Gasteiger partial charge >= 0.3 is 0 Å². The lowest BCUT2D eigenvalue weighted by molar-refractivity contribution is 0.130. The Morgan fingerprint density at radius 1 is 1.00 bits per heavy atom. The van der Waals surface area contributed by atoms with Crippen molar-refractivity contribution in [1.29, 1.82) is 0 Å². The first-order valence-electron chi connectivity index (χ1n) is 7.14. The van der Waals surface area contributed by atoms with Crippen molar-refractivity contribution in [3.8, 4) is 0 Å². The Morgan fingerprint density at radius 2 is 1.68 bits per heavy atom. The molecule has 0 spiro atoms. The van der Waals surface area contributed by atoms with E-state index in [1.807, 2.05) is 16.2 Å². The minimum Gasteiger partial charge on any atom is -0.336 e. The zero-order chi connectivity index (χ0) is 14.3. The van der Waals surface area contributed by atoms with Gasteiger partial charge in [-0.15, -0.1) is 0 Å². The summed E-state index contributed by atoms with van der Waals surface area (Å²) in [5.74, 6) is 0. The van der Waals surface area contributed by atoms with Crippen molar-refractivity contribution in [3.63, 3.8) is 0 Å². The van der Waals surface area contributed by atoms with Gasteiger partial charge in [0.2, 0.25) is 3.79 Å². The highest BCUT2D eigenvalue weighted by Gasteiger charge is 2.43. The first kappa shape index (κ1) is 17.2. The number of unbranched alkanes of at least 4 members (excludes halogenated alkanes) is 4. The summed E-state index contributed by atoms with van der Waals surface area (Å²) in [6, 6.07) is 0. The second kappa shape index (κ2) is 8.43. The van der Waals surface area contributed by atoms with Crippen molar-refractivity contribution in [1.82, 2.24) is 9.91 Å². The molecule has 0 saturated carbocycles. The highest BCUT2D eigenvalue weighted by Crippen LogP contribution is 2.37. The van der Waals surface area contributed by atoms with E-state index in [9.17, 15) is 0 Å². The molecule has 0 radical (unpaired) electrons. The largest absolute Gasteiger partial charge is 0.336 e. The molecule has 1 aliphatic rings. The number of hydrogen-bond acceptors (Lipinski definition) is 3. The van der Waals surface area contributed by atoms with Crippen molar-refractivity contribution in [2.75, 3.05) is 13.1 Å². The van der Waals surface area contributed by atoms with Crippen LogP contribution in [0, 0.1) is 0 Å². The fourth-order valence-electron chi connectivity index (χ4n) is 2.19. The summed E-state index contributed by atoms with van der Waals surface area (Å²) in [7, 11) is 0. The maximum atomic E-state index is 6.12. The molecule has 0 aliphatic carbocycles. The average molecular weight is 329 g/mol. The van der Waals surface area contributed by atoms with E-state index in [0.717, 1.165) is 32.4 Å². The molecule has 0 aromatic heterocycles. The molecule has 1 unspecified atom stereocenters. The molecule has 1 atom stereocenters. The number of halogens is 3. The summed E-state index contributed by atoms with van der Waals surface area (Å²) in [6.45, 7) is 6.08. The molecule has 3 nitrogen and oxygen atoms in total. The molecule has 1 rings (SSSR count). The standard InChI is InChI=1S/C13H24Cl3N3/c1-3-5-7-8-10-19-12(13(14,15)16)18(11-17-19)9-6-4-2/h11-12H,3-10H2,1-2H3. The van der Waals surface area contributed by atoms with E-state index >= 15 is 0 Å². The lowest BCUT2D eigenvalue weighted by atomic mass is 10.2. The summed E-state index contributed by atoms with van der Waals surface area (Å²) in [4.78, 5) is 2.04. The van der Waals surface area contributed by atoms with Gasteiger partial charge in [0.1, 0.15) is 6.34 Å². The Morgan fingerprint density at radius 3 is 2.26 bits per heavy atom. The van der Waals surface area contributed by atoms with Crippen molar-refractivity contribution in [3.05, 3.63) is 0 Å². The lowest BCUT2D eigenvalue weighted by Gasteiger charge is -2.35. The van der Waals surface area contributed by atoms with Crippen molar-refractivity contribution < 1.29 is 0 Å². The minimum absolute atomic E-state index is 0.273. The predicted molar refractivity (Wildman–Crippen MR) is 85.0 cm³/mol. The normalized spacial score (nSPS) is 19.5. The first-order valence-corrected chi connectivity index (χ1v) is 8.27. The van der Waals surface area contributed by atoms with Crippen LogP contribution in [0.2, 0.25) is 0 Å². The summed E-state index contributed by atoms with van der Waals surface area (Å²) in [5, 5.41) is 6.31. The number of hydrogen-bond donors (Lipinski definition) is 0. The lowest BCUT2D eigenvalue weighted by Crippen LogP contribution is -2.49. The monoisotopic (exact) mass is 327 g/mol. The van der Waals surface area contributed by atoms with E-state index in [1.54, 1.807) is 0 Å². The van der Waals surface area contributed by atoms with Crippen molar-refractivity contribution >= 4 is 41.1 Å². The molecule has 0 N–H and O–H groups in total. The Hall–Kier alpha value is 0.140. The van der Waals surface area contributed by atoms with Gasteiger partial charge < -0.3 is 4.90 Å². The fourth-order valence-corrected chi connectivity index (χ4v) is 2.90. The second-order valence-corrected chi connectivity index (χ2v) is 7.33. The molecule has 112 valence electrons. The molecule has 0 amide bonds. The molecular weight excluding hydrogens is 305 g/mol. The van der Waals surface area contributed by atoms with Gasteiger partial charge in [-0.3, -0.25) is 5.01 Å². The van der Waals surface area contributed by atoms with Crippen LogP contribution in [0.15, 0.2) is 5.10 Å². The zero-order valence-corrected chi connectivity index (χ0v) is 14.1. The smallest absolute Gasteiger partial charge is 0.230 e. The molecule has 19 heavy (non-hydrogen) atoms. The van der Waals surface area contributed by atoms with Crippen LogP contribution in [-0.4, -0.2) is 39.3 Å². The van der Waals surface area contributed by atoms with Gasteiger partial charge in [0.25, 0.3) is 0 Å². The molecule has 0 fully saturated rings. The van der Waals surface area contributed by atoms with Crippen LogP contribution in [0.1, 0.15) is 52.4 Å². The minimum atomic E-state index is -1.34. The van der Waals surface area contributed by atoms with Crippen molar-refractivity contribution in [2.45, 2.75) is 62.3 Å². The van der Waals surface area contributed by atoms with Crippen LogP contribution in [-0.2, 0) is 0 Å². The summed E-state index contributed by atoms with van der Waals surface area (Å²) in [5.41, 5.74) is 0. The molecule has 6 heteroatoms. The van der Waals surface area contributed by atoms with E-state index in [2.05, 4.69) is 18.9 Å². The molecule has 0 aromatic rings. The Bertz CT molecular complexity index is 279. The Balaban J connectivity index is 2.53. The molecule has 0 bridgehead atoms. The quantitative estimate of drug-likeness (QED) is 0.478. The van der Waals surface area contributed by atoms with E-state index in [1.165, 1.54) is 19.3 Å². The number of rotatable bonds is 8. The highest BCUT2D eigenvalue weighted by molar-refractivity contribution is 6.68. The SMILES string of the molecule is CCCCCCN1N=CN(CCCC)C1C(Cl)(Cl)Cl. The van der Waals surface area contributed by atoms with E-state index in [-0.39, 0.29) is 6.17 Å². The van der Waals surface area contributed by atoms with Crippen LogP contribution in [0.5, 0.6) is 0 Å².